The van der Waals surface area contributed by atoms with Crippen LogP contribution in [0.25, 0.3) is 0 Å². The fourth-order valence-electron chi connectivity index (χ4n) is 3.00. The van der Waals surface area contributed by atoms with Crippen molar-refractivity contribution in [1.82, 2.24) is 4.90 Å². The Balaban J connectivity index is 1.79. The topological polar surface area (TPSA) is 62.1 Å². The summed E-state index contributed by atoms with van der Waals surface area (Å²) in [6.45, 7) is 4.09. The summed E-state index contributed by atoms with van der Waals surface area (Å²) in [7, 11) is 0. The average molecular weight is 302 g/mol. The van der Waals surface area contributed by atoms with Gasteiger partial charge in [-0.2, -0.15) is 0 Å². The number of rotatable bonds is 3. The van der Waals surface area contributed by atoms with Crippen LogP contribution in [0.15, 0.2) is 24.3 Å². The maximum absolute atomic E-state index is 12.5. The van der Waals surface area contributed by atoms with Crippen LogP contribution in [0.3, 0.4) is 0 Å². The summed E-state index contributed by atoms with van der Waals surface area (Å²) in [6, 6.07) is 6.49. The van der Waals surface area contributed by atoms with Crippen molar-refractivity contribution in [3.63, 3.8) is 0 Å². The minimum atomic E-state index is -0.759. The second-order valence-corrected chi connectivity index (χ2v) is 5.96. The Morgan fingerprint density at radius 2 is 1.59 bits per heavy atom. The molecule has 2 heterocycles. The fraction of sp³-hybridized carbons (Fsp3) is 0.438. The number of carbonyl (C=O) groups is 3. The van der Waals surface area contributed by atoms with Crippen LogP contribution in [0.4, 0.5) is 10.5 Å². The molecule has 0 saturated carbocycles. The molecular formula is C16H20N3O3+. The summed E-state index contributed by atoms with van der Waals surface area (Å²) in [5.74, 6) is -1.48. The Hall–Kier alpha value is -2.21. The number of quaternary nitrogens is 1. The monoisotopic (exact) mass is 302 g/mol. The second kappa shape index (κ2) is 5.88. The number of hydrogen-bond acceptors (Lipinski definition) is 3. The molecule has 0 aliphatic carbocycles. The van der Waals surface area contributed by atoms with Gasteiger partial charge in [-0.3, -0.25) is 9.59 Å². The number of piperidine rings is 1. The molecule has 6 heteroatoms. The van der Waals surface area contributed by atoms with Gasteiger partial charge in [0.15, 0.2) is 6.67 Å². The van der Waals surface area contributed by atoms with E-state index < -0.39 is 17.8 Å². The van der Waals surface area contributed by atoms with Gasteiger partial charge in [-0.25, -0.2) is 14.6 Å². The summed E-state index contributed by atoms with van der Waals surface area (Å²) in [5, 5.41) is 0. The molecule has 3 rings (SSSR count). The summed E-state index contributed by atoms with van der Waals surface area (Å²) in [6.07, 6.45) is 3.39. The molecule has 2 fully saturated rings. The molecule has 116 valence electrons. The summed E-state index contributed by atoms with van der Waals surface area (Å²) in [4.78, 5) is 40.0. The lowest BCUT2D eigenvalue weighted by Gasteiger charge is -2.26. The van der Waals surface area contributed by atoms with Gasteiger partial charge in [0.2, 0.25) is 0 Å². The number of aryl methyl sites for hydroxylation is 1. The molecule has 0 radical (unpaired) electrons. The largest absolute Gasteiger partial charge is 0.343 e. The highest BCUT2D eigenvalue weighted by atomic mass is 16.2. The molecule has 2 aliphatic heterocycles. The van der Waals surface area contributed by atoms with Crippen LogP contribution in [0, 0.1) is 6.92 Å². The third-order valence-corrected chi connectivity index (χ3v) is 4.29. The number of benzene rings is 1. The van der Waals surface area contributed by atoms with E-state index in [1.165, 1.54) is 11.3 Å². The minimum absolute atomic E-state index is 0.284. The van der Waals surface area contributed by atoms with Gasteiger partial charge in [0.25, 0.3) is 0 Å². The summed E-state index contributed by atoms with van der Waals surface area (Å²) < 4.78 is 0. The van der Waals surface area contributed by atoms with E-state index in [0.29, 0.717) is 5.69 Å². The standard InChI is InChI=1S/C16H19N3O3/c1-12-5-7-13(8-6-12)19-15(21)14(20)18(16(19)22)11-17-9-3-2-4-10-17/h5-8H,2-4,9-11H2,1H3/p+1. The third kappa shape index (κ3) is 2.62. The number of anilines is 1. The van der Waals surface area contributed by atoms with Gasteiger partial charge in [0.05, 0.1) is 18.8 Å². The number of likely N-dealkylation sites (tertiary alicyclic amines) is 1. The van der Waals surface area contributed by atoms with Crippen molar-refractivity contribution in [1.29, 1.82) is 0 Å². The molecule has 4 amide bonds. The highest BCUT2D eigenvalue weighted by molar-refractivity contribution is 6.52. The molecule has 0 unspecified atom stereocenters. The Morgan fingerprint density at radius 1 is 0.955 bits per heavy atom. The normalized spacial score (nSPS) is 20.1. The second-order valence-electron chi connectivity index (χ2n) is 5.96. The average Bonchev–Trinajstić information content (AvgIpc) is 2.73. The summed E-state index contributed by atoms with van der Waals surface area (Å²) >= 11 is 0. The van der Waals surface area contributed by atoms with E-state index in [9.17, 15) is 14.4 Å². The molecule has 1 aromatic rings. The molecule has 22 heavy (non-hydrogen) atoms. The van der Waals surface area contributed by atoms with Crippen LogP contribution < -0.4 is 9.80 Å². The van der Waals surface area contributed by atoms with Crippen molar-refractivity contribution in [2.24, 2.45) is 0 Å². The van der Waals surface area contributed by atoms with Crippen molar-refractivity contribution in [2.75, 3.05) is 24.7 Å². The number of nitrogens with zero attached hydrogens (tertiary/aromatic N) is 2. The van der Waals surface area contributed by atoms with Gasteiger partial charge >= 0.3 is 17.8 Å². The Morgan fingerprint density at radius 3 is 2.23 bits per heavy atom. The molecule has 1 N–H and O–H groups in total. The first kappa shape index (κ1) is 14.7. The van der Waals surface area contributed by atoms with Crippen LogP contribution in [-0.4, -0.2) is 42.5 Å². The molecule has 0 bridgehead atoms. The lowest BCUT2D eigenvalue weighted by molar-refractivity contribution is -0.912. The minimum Gasteiger partial charge on any atom is -0.317 e. The number of imide groups is 2. The molecule has 0 spiro atoms. The maximum atomic E-state index is 12.5. The molecule has 2 saturated heterocycles. The van der Waals surface area contributed by atoms with E-state index in [1.807, 2.05) is 19.1 Å². The van der Waals surface area contributed by atoms with E-state index in [1.54, 1.807) is 12.1 Å². The van der Waals surface area contributed by atoms with Gasteiger partial charge in [-0.15, -0.1) is 0 Å². The predicted molar refractivity (Wildman–Crippen MR) is 80.3 cm³/mol. The Labute approximate surface area is 129 Å². The number of amides is 4. The number of urea groups is 1. The highest BCUT2D eigenvalue weighted by Crippen LogP contribution is 2.21. The van der Waals surface area contributed by atoms with Crippen LogP contribution in [0.2, 0.25) is 0 Å². The van der Waals surface area contributed by atoms with Gasteiger partial charge in [-0.1, -0.05) is 17.7 Å². The van der Waals surface area contributed by atoms with Gasteiger partial charge in [0.1, 0.15) is 0 Å². The predicted octanol–water partition coefficient (Wildman–Crippen LogP) is 0.317. The fourth-order valence-corrected chi connectivity index (χ4v) is 3.00. The molecular weight excluding hydrogens is 282 g/mol. The van der Waals surface area contributed by atoms with Gasteiger partial charge in [-0.05, 0) is 38.3 Å². The number of hydrogen-bond donors (Lipinski definition) is 1. The SMILES string of the molecule is Cc1ccc(N2C(=O)C(=O)N(C[NH+]3CCCCC3)C2=O)cc1. The van der Waals surface area contributed by atoms with Crippen molar-refractivity contribution in [2.45, 2.75) is 26.2 Å². The van der Waals surface area contributed by atoms with E-state index >= 15 is 0 Å². The van der Waals surface area contributed by atoms with Crippen molar-refractivity contribution < 1.29 is 19.3 Å². The Kier molecular flexibility index (Phi) is 3.94. The lowest BCUT2D eigenvalue weighted by Crippen LogP contribution is -3.14. The van der Waals surface area contributed by atoms with Crippen molar-refractivity contribution in [3.8, 4) is 0 Å². The van der Waals surface area contributed by atoms with E-state index in [-0.39, 0.29) is 6.67 Å². The maximum Gasteiger partial charge on any atom is 0.343 e. The van der Waals surface area contributed by atoms with E-state index in [2.05, 4.69) is 0 Å². The highest BCUT2D eigenvalue weighted by Gasteiger charge is 2.47. The van der Waals surface area contributed by atoms with Crippen molar-refractivity contribution >= 4 is 23.5 Å². The van der Waals surface area contributed by atoms with Crippen LogP contribution in [0.5, 0.6) is 0 Å². The van der Waals surface area contributed by atoms with Gasteiger partial charge in [0, 0.05) is 0 Å². The Bertz CT molecular complexity index is 606. The lowest BCUT2D eigenvalue weighted by atomic mass is 10.1. The zero-order chi connectivity index (χ0) is 15.7. The zero-order valence-electron chi connectivity index (χ0n) is 12.7. The van der Waals surface area contributed by atoms with Crippen LogP contribution in [-0.2, 0) is 9.59 Å². The molecule has 6 nitrogen and oxygen atoms in total. The molecule has 1 aromatic carbocycles. The van der Waals surface area contributed by atoms with E-state index in [4.69, 9.17) is 0 Å². The number of nitrogens with one attached hydrogen (secondary N) is 1. The van der Waals surface area contributed by atoms with Crippen LogP contribution >= 0.6 is 0 Å². The molecule has 2 aliphatic rings. The molecule has 0 aromatic heterocycles. The first-order valence-electron chi connectivity index (χ1n) is 7.68. The zero-order valence-corrected chi connectivity index (χ0v) is 12.7. The van der Waals surface area contributed by atoms with E-state index in [0.717, 1.165) is 41.3 Å². The first-order valence-corrected chi connectivity index (χ1v) is 7.68. The summed E-state index contributed by atoms with van der Waals surface area (Å²) in [5.41, 5.74) is 1.48. The number of carbonyl (C=O) groups excluding carboxylic acids is 3. The smallest absolute Gasteiger partial charge is 0.317 e. The van der Waals surface area contributed by atoms with Crippen molar-refractivity contribution in [3.05, 3.63) is 29.8 Å². The molecule has 0 atom stereocenters. The quantitative estimate of drug-likeness (QED) is 0.646. The van der Waals surface area contributed by atoms with Crippen LogP contribution in [0.1, 0.15) is 24.8 Å². The third-order valence-electron chi connectivity index (χ3n) is 4.29. The van der Waals surface area contributed by atoms with Gasteiger partial charge < -0.3 is 4.90 Å². The first-order chi connectivity index (χ1) is 10.6.